The molecule has 0 aliphatic heterocycles. The number of nitrogens with one attached hydrogen (secondary N) is 1. The van der Waals surface area contributed by atoms with Crippen molar-refractivity contribution in [2.75, 3.05) is 23.8 Å². The highest BCUT2D eigenvalue weighted by Crippen LogP contribution is 2.21. The summed E-state index contributed by atoms with van der Waals surface area (Å²) in [5.74, 6) is -0.0186. The molecule has 3 heteroatoms. The summed E-state index contributed by atoms with van der Waals surface area (Å²) in [6.45, 7) is 2.30. The lowest BCUT2D eigenvalue weighted by molar-refractivity contribution is -0.114. The van der Waals surface area contributed by atoms with Crippen molar-refractivity contribution in [2.45, 2.75) is 6.92 Å². The number of anilines is 2. The third-order valence-corrected chi connectivity index (χ3v) is 3.97. The average molecular weight is 304 g/mol. The van der Waals surface area contributed by atoms with E-state index < -0.39 is 0 Å². The third kappa shape index (κ3) is 3.51. The highest BCUT2D eigenvalue weighted by Gasteiger charge is 2.09. The van der Waals surface area contributed by atoms with Crippen LogP contribution in [0.2, 0.25) is 0 Å². The van der Waals surface area contributed by atoms with Crippen LogP contribution in [0.4, 0.5) is 11.4 Å². The van der Waals surface area contributed by atoms with Crippen molar-refractivity contribution in [3.8, 4) is 0 Å². The van der Waals surface area contributed by atoms with E-state index in [0.717, 1.165) is 16.9 Å². The Hall–Kier alpha value is -2.81. The summed E-state index contributed by atoms with van der Waals surface area (Å²) in [4.78, 5) is 14.2. The molecule has 3 nitrogen and oxygen atoms in total. The summed E-state index contributed by atoms with van der Waals surface area (Å²) in [6.07, 6.45) is 0. The van der Waals surface area contributed by atoms with Gasteiger partial charge in [-0.1, -0.05) is 48.5 Å². The number of nitrogens with zero attached hydrogens (tertiary/aromatic N) is 1. The van der Waals surface area contributed by atoms with Gasteiger partial charge in [-0.05, 0) is 41.5 Å². The number of para-hydroxylation sites is 1. The van der Waals surface area contributed by atoms with E-state index in [1.54, 1.807) is 0 Å². The Balaban J connectivity index is 1.71. The number of hydrogen-bond donors (Lipinski definition) is 1. The Bertz CT molecular complexity index is 842. The number of likely N-dealkylation sites (N-methyl/N-ethyl adjacent to an activating group) is 1. The van der Waals surface area contributed by atoms with E-state index in [1.807, 2.05) is 61.3 Å². The summed E-state index contributed by atoms with van der Waals surface area (Å²) in [6, 6.07) is 22.3. The molecule has 3 aromatic rings. The van der Waals surface area contributed by atoms with E-state index in [4.69, 9.17) is 0 Å². The minimum absolute atomic E-state index is 0.0186. The van der Waals surface area contributed by atoms with Crippen LogP contribution < -0.4 is 10.2 Å². The fraction of sp³-hybridized carbons (Fsp3) is 0.150. The van der Waals surface area contributed by atoms with Gasteiger partial charge in [0.2, 0.25) is 5.91 Å². The highest BCUT2D eigenvalue weighted by atomic mass is 16.2. The predicted octanol–water partition coefficient (Wildman–Crippen LogP) is 4.22. The van der Waals surface area contributed by atoms with E-state index in [1.165, 1.54) is 10.8 Å². The minimum Gasteiger partial charge on any atom is -0.365 e. The van der Waals surface area contributed by atoms with Gasteiger partial charge in [0.05, 0.1) is 6.54 Å². The SMILES string of the molecule is Cc1ccccc1NC(=O)CN(C)c1ccc2ccccc2c1. The summed E-state index contributed by atoms with van der Waals surface area (Å²) in [5.41, 5.74) is 2.96. The first-order valence-electron chi connectivity index (χ1n) is 7.69. The van der Waals surface area contributed by atoms with Gasteiger partial charge in [-0.2, -0.15) is 0 Å². The molecule has 0 fully saturated rings. The number of benzene rings is 3. The molecule has 1 amide bonds. The van der Waals surface area contributed by atoms with Crippen LogP contribution in [-0.2, 0) is 4.79 Å². The smallest absolute Gasteiger partial charge is 0.243 e. The van der Waals surface area contributed by atoms with Gasteiger partial charge in [0.25, 0.3) is 0 Å². The van der Waals surface area contributed by atoms with Crippen LogP contribution in [0.3, 0.4) is 0 Å². The zero-order valence-electron chi connectivity index (χ0n) is 13.4. The van der Waals surface area contributed by atoms with E-state index in [0.29, 0.717) is 6.54 Å². The summed E-state index contributed by atoms with van der Waals surface area (Å²) < 4.78 is 0. The van der Waals surface area contributed by atoms with Crippen molar-refractivity contribution in [3.63, 3.8) is 0 Å². The zero-order valence-corrected chi connectivity index (χ0v) is 13.4. The van der Waals surface area contributed by atoms with Crippen LogP contribution in [0, 0.1) is 6.92 Å². The molecule has 0 atom stereocenters. The zero-order chi connectivity index (χ0) is 16.2. The van der Waals surface area contributed by atoms with Gasteiger partial charge in [-0.3, -0.25) is 4.79 Å². The number of carbonyl (C=O) groups excluding carboxylic acids is 1. The average Bonchev–Trinajstić information content (AvgIpc) is 2.56. The first-order valence-corrected chi connectivity index (χ1v) is 7.69. The lowest BCUT2D eigenvalue weighted by atomic mass is 10.1. The molecule has 0 radical (unpaired) electrons. The second-order valence-electron chi connectivity index (χ2n) is 5.75. The number of fused-ring (bicyclic) bond motifs is 1. The Morgan fingerprint density at radius 3 is 2.43 bits per heavy atom. The standard InChI is InChI=1S/C20H20N2O/c1-15-7-3-6-10-19(15)21-20(23)14-22(2)18-12-11-16-8-4-5-9-17(16)13-18/h3-13H,14H2,1-2H3,(H,21,23). The van der Waals surface area contributed by atoms with Crippen molar-refractivity contribution in [1.82, 2.24) is 0 Å². The Morgan fingerprint density at radius 1 is 0.957 bits per heavy atom. The topological polar surface area (TPSA) is 32.3 Å². The van der Waals surface area contributed by atoms with E-state index in [-0.39, 0.29) is 5.91 Å². The number of carbonyl (C=O) groups is 1. The second-order valence-corrected chi connectivity index (χ2v) is 5.75. The van der Waals surface area contributed by atoms with Gasteiger partial charge in [0, 0.05) is 18.4 Å². The summed E-state index contributed by atoms with van der Waals surface area (Å²) >= 11 is 0. The molecule has 0 saturated carbocycles. The molecule has 0 spiro atoms. The van der Waals surface area contributed by atoms with Gasteiger partial charge in [0.1, 0.15) is 0 Å². The maximum atomic E-state index is 12.3. The Labute approximate surface area is 136 Å². The summed E-state index contributed by atoms with van der Waals surface area (Å²) in [7, 11) is 1.93. The van der Waals surface area contributed by atoms with E-state index >= 15 is 0 Å². The molecule has 1 N–H and O–H groups in total. The maximum absolute atomic E-state index is 12.3. The van der Waals surface area contributed by atoms with Gasteiger partial charge < -0.3 is 10.2 Å². The molecule has 0 aliphatic rings. The van der Waals surface area contributed by atoms with Crippen molar-refractivity contribution in [3.05, 3.63) is 72.3 Å². The van der Waals surface area contributed by atoms with Crippen molar-refractivity contribution in [1.29, 1.82) is 0 Å². The molecule has 0 heterocycles. The predicted molar refractivity (Wildman–Crippen MR) is 97.0 cm³/mol. The molecule has 3 aromatic carbocycles. The second kappa shape index (κ2) is 6.53. The molecular formula is C20H20N2O. The minimum atomic E-state index is -0.0186. The van der Waals surface area contributed by atoms with Gasteiger partial charge in [-0.25, -0.2) is 0 Å². The highest BCUT2D eigenvalue weighted by molar-refractivity contribution is 5.95. The van der Waals surface area contributed by atoms with Gasteiger partial charge in [0.15, 0.2) is 0 Å². The molecule has 23 heavy (non-hydrogen) atoms. The Morgan fingerprint density at radius 2 is 1.65 bits per heavy atom. The number of amides is 1. The van der Waals surface area contributed by atoms with Crippen LogP contribution in [0.25, 0.3) is 10.8 Å². The van der Waals surface area contributed by atoms with Crippen molar-refractivity contribution < 1.29 is 4.79 Å². The van der Waals surface area contributed by atoms with Gasteiger partial charge in [-0.15, -0.1) is 0 Å². The fourth-order valence-corrected chi connectivity index (χ4v) is 2.62. The van der Waals surface area contributed by atoms with Gasteiger partial charge >= 0.3 is 0 Å². The van der Waals surface area contributed by atoms with Crippen LogP contribution in [0.15, 0.2) is 66.7 Å². The first-order chi connectivity index (χ1) is 11.1. The third-order valence-electron chi connectivity index (χ3n) is 3.97. The molecule has 0 saturated heterocycles. The monoisotopic (exact) mass is 304 g/mol. The van der Waals surface area contributed by atoms with E-state index in [9.17, 15) is 4.79 Å². The molecule has 116 valence electrons. The number of rotatable bonds is 4. The molecule has 0 unspecified atom stereocenters. The Kier molecular flexibility index (Phi) is 4.29. The molecule has 3 rings (SSSR count). The van der Waals surface area contributed by atoms with Crippen molar-refractivity contribution >= 4 is 28.1 Å². The lowest BCUT2D eigenvalue weighted by Crippen LogP contribution is -2.30. The molecule has 0 bridgehead atoms. The fourth-order valence-electron chi connectivity index (χ4n) is 2.62. The molecule has 0 aliphatic carbocycles. The quantitative estimate of drug-likeness (QED) is 0.782. The molecular weight excluding hydrogens is 284 g/mol. The normalized spacial score (nSPS) is 10.5. The number of aryl methyl sites for hydroxylation is 1. The van der Waals surface area contributed by atoms with Crippen LogP contribution >= 0.6 is 0 Å². The van der Waals surface area contributed by atoms with Crippen LogP contribution in [0.1, 0.15) is 5.56 Å². The first kappa shape index (κ1) is 15.1. The number of hydrogen-bond acceptors (Lipinski definition) is 2. The van der Waals surface area contributed by atoms with Crippen LogP contribution in [0.5, 0.6) is 0 Å². The van der Waals surface area contributed by atoms with Crippen molar-refractivity contribution in [2.24, 2.45) is 0 Å². The van der Waals surface area contributed by atoms with Crippen LogP contribution in [-0.4, -0.2) is 19.5 Å². The largest absolute Gasteiger partial charge is 0.365 e. The summed E-state index contributed by atoms with van der Waals surface area (Å²) in [5, 5.41) is 5.35. The lowest BCUT2D eigenvalue weighted by Gasteiger charge is -2.19. The maximum Gasteiger partial charge on any atom is 0.243 e. The molecule has 0 aromatic heterocycles. The van der Waals surface area contributed by atoms with E-state index in [2.05, 4.69) is 29.6 Å².